The van der Waals surface area contributed by atoms with Crippen molar-refractivity contribution in [2.45, 2.75) is 19.4 Å². The summed E-state index contributed by atoms with van der Waals surface area (Å²) in [7, 11) is 1.57. The summed E-state index contributed by atoms with van der Waals surface area (Å²) >= 11 is 0. The highest BCUT2D eigenvalue weighted by Crippen LogP contribution is 2.34. The van der Waals surface area contributed by atoms with Gasteiger partial charge in [-0.15, -0.1) is 5.10 Å². The number of alkyl halides is 2. The standard InChI is InChI=1S/C10H11F2N5O/c1-4-13-8-6-9(14-4)17(2)5(7(11)12)3-18-10(6)16-15-8/h5,7H,3H2,1-2H3,(H,13,14,15,16). The lowest BCUT2D eigenvalue weighted by Crippen LogP contribution is -2.41. The maximum atomic E-state index is 13.0. The van der Waals surface area contributed by atoms with Gasteiger partial charge in [-0.2, -0.15) is 0 Å². The van der Waals surface area contributed by atoms with E-state index in [0.29, 0.717) is 22.7 Å². The maximum Gasteiger partial charge on any atom is 0.261 e. The summed E-state index contributed by atoms with van der Waals surface area (Å²) in [6.45, 7) is 1.57. The number of halogens is 2. The number of hydrogen-bond donors (Lipinski definition) is 1. The smallest absolute Gasteiger partial charge is 0.261 e. The van der Waals surface area contributed by atoms with Gasteiger partial charge >= 0.3 is 0 Å². The predicted octanol–water partition coefficient (Wildman–Crippen LogP) is 1.12. The fourth-order valence-corrected chi connectivity index (χ4v) is 2.03. The molecule has 96 valence electrons. The monoisotopic (exact) mass is 255 g/mol. The van der Waals surface area contributed by atoms with Crippen LogP contribution in [0.15, 0.2) is 0 Å². The second-order valence-electron chi connectivity index (χ2n) is 4.17. The molecule has 0 aliphatic carbocycles. The highest BCUT2D eigenvalue weighted by atomic mass is 19.3. The molecule has 1 aliphatic heterocycles. The van der Waals surface area contributed by atoms with Crippen LogP contribution < -0.4 is 9.64 Å². The highest BCUT2D eigenvalue weighted by molar-refractivity contribution is 5.92. The van der Waals surface area contributed by atoms with Crippen LogP contribution in [0.3, 0.4) is 0 Å². The van der Waals surface area contributed by atoms with E-state index >= 15 is 0 Å². The van der Waals surface area contributed by atoms with Gasteiger partial charge in [-0.05, 0) is 6.92 Å². The van der Waals surface area contributed by atoms with Gasteiger partial charge in [-0.1, -0.05) is 0 Å². The van der Waals surface area contributed by atoms with Crippen molar-refractivity contribution in [1.29, 1.82) is 0 Å². The Kier molecular flexibility index (Phi) is 2.32. The number of aromatic amines is 1. The van der Waals surface area contributed by atoms with Gasteiger partial charge in [0.25, 0.3) is 6.43 Å². The van der Waals surface area contributed by atoms with Gasteiger partial charge in [0.15, 0.2) is 5.65 Å². The van der Waals surface area contributed by atoms with Gasteiger partial charge < -0.3 is 9.64 Å². The molecule has 8 heteroatoms. The first-order valence-electron chi connectivity index (χ1n) is 5.44. The molecule has 1 aliphatic rings. The zero-order valence-corrected chi connectivity index (χ0v) is 9.81. The van der Waals surface area contributed by atoms with Crippen LogP contribution in [0, 0.1) is 6.92 Å². The molecule has 0 amide bonds. The van der Waals surface area contributed by atoms with Crippen molar-refractivity contribution in [3.8, 4) is 5.88 Å². The predicted molar refractivity (Wildman–Crippen MR) is 60.1 cm³/mol. The second-order valence-corrected chi connectivity index (χ2v) is 4.17. The minimum atomic E-state index is -2.52. The Labute approximate surface area is 101 Å². The summed E-state index contributed by atoms with van der Waals surface area (Å²) in [5.41, 5.74) is 0.495. The molecular weight excluding hydrogens is 244 g/mol. The van der Waals surface area contributed by atoms with Crippen LogP contribution in [0.1, 0.15) is 5.82 Å². The molecule has 1 atom stereocenters. The topological polar surface area (TPSA) is 66.9 Å². The number of H-pyrrole nitrogens is 1. The molecule has 0 aromatic carbocycles. The Bertz CT molecular complexity index is 599. The summed E-state index contributed by atoms with van der Waals surface area (Å²) in [6, 6.07) is -1.04. The first kappa shape index (κ1) is 11.1. The Morgan fingerprint density at radius 2 is 2.22 bits per heavy atom. The Hall–Kier alpha value is -1.99. The number of aryl methyl sites for hydroxylation is 1. The van der Waals surface area contributed by atoms with Crippen molar-refractivity contribution in [1.82, 2.24) is 20.2 Å². The van der Waals surface area contributed by atoms with Gasteiger partial charge in [-0.25, -0.2) is 18.7 Å². The number of nitrogens with one attached hydrogen (secondary N) is 1. The Morgan fingerprint density at radius 1 is 1.44 bits per heavy atom. The minimum Gasteiger partial charge on any atom is -0.474 e. The maximum absolute atomic E-state index is 13.0. The van der Waals surface area contributed by atoms with Crippen LogP contribution in [0.2, 0.25) is 0 Å². The molecule has 18 heavy (non-hydrogen) atoms. The molecule has 1 unspecified atom stereocenters. The third-order valence-electron chi connectivity index (χ3n) is 2.99. The summed E-state index contributed by atoms with van der Waals surface area (Å²) in [6.07, 6.45) is -2.52. The van der Waals surface area contributed by atoms with E-state index in [1.165, 1.54) is 4.90 Å². The van der Waals surface area contributed by atoms with Crippen molar-refractivity contribution in [2.24, 2.45) is 0 Å². The average molecular weight is 255 g/mol. The number of ether oxygens (including phenoxy) is 1. The van der Waals surface area contributed by atoms with Crippen LogP contribution in [0.4, 0.5) is 14.6 Å². The Morgan fingerprint density at radius 3 is 2.94 bits per heavy atom. The van der Waals surface area contributed by atoms with Crippen molar-refractivity contribution < 1.29 is 13.5 Å². The Balaban J connectivity index is 2.23. The third-order valence-corrected chi connectivity index (χ3v) is 2.99. The summed E-state index contributed by atoms with van der Waals surface area (Å²) in [5, 5.41) is 7.19. The molecule has 0 saturated heterocycles. The molecule has 6 nitrogen and oxygen atoms in total. The lowest BCUT2D eigenvalue weighted by molar-refractivity contribution is 0.0878. The number of likely N-dealkylation sites (N-methyl/N-ethyl adjacent to an activating group) is 1. The lowest BCUT2D eigenvalue weighted by Gasteiger charge is -2.26. The third kappa shape index (κ3) is 1.48. The molecule has 3 heterocycles. The van der Waals surface area contributed by atoms with Crippen molar-refractivity contribution >= 4 is 16.9 Å². The van der Waals surface area contributed by atoms with Gasteiger partial charge in [0.1, 0.15) is 29.7 Å². The average Bonchev–Trinajstić information content (AvgIpc) is 2.64. The molecule has 0 bridgehead atoms. The number of hydrogen-bond acceptors (Lipinski definition) is 5. The molecule has 2 aromatic heterocycles. The van der Waals surface area contributed by atoms with E-state index in [1.54, 1.807) is 14.0 Å². The van der Waals surface area contributed by atoms with Crippen molar-refractivity contribution in [3.05, 3.63) is 5.82 Å². The van der Waals surface area contributed by atoms with E-state index < -0.39 is 12.5 Å². The highest BCUT2D eigenvalue weighted by Gasteiger charge is 2.33. The van der Waals surface area contributed by atoms with Crippen LogP contribution in [-0.4, -0.2) is 46.3 Å². The van der Waals surface area contributed by atoms with Crippen molar-refractivity contribution in [2.75, 3.05) is 18.6 Å². The second kappa shape index (κ2) is 3.76. The molecule has 0 radical (unpaired) electrons. The molecule has 0 saturated carbocycles. The van der Waals surface area contributed by atoms with E-state index in [4.69, 9.17) is 4.74 Å². The molecule has 3 rings (SSSR count). The number of anilines is 1. The number of nitrogens with zero attached hydrogens (tertiary/aromatic N) is 4. The number of aromatic nitrogens is 4. The summed E-state index contributed by atoms with van der Waals surface area (Å²) < 4.78 is 31.2. The zero-order valence-electron chi connectivity index (χ0n) is 9.81. The summed E-state index contributed by atoms with van der Waals surface area (Å²) in [5.74, 6) is 1.19. The molecule has 1 N–H and O–H groups in total. The largest absolute Gasteiger partial charge is 0.474 e. The van der Waals surface area contributed by atoms with E-state index in [-0.39, 0.29) is 12.5 Å². The van der Waals surface area contributed by atoms with Crippen LogP contribution in [0.5, 0.6) is 5.88 Å². The van der Waals surface area contributed by atoms with Crippen LogP contribution in [-0.2, 0) is 0 Å². The molecule has 0 fully saturated rings. The first-order valence-corrected chi connectivity index (χ1v) is 5.44. The van der Waals surface area contributed by atoms with E-state index in [2.05, 4.69) is 20.2 Å². The molecular formula is C10H11F2N5O. The van der Waals surface area contributed by atoms with E-state index in [0.717, 1.165) is 0 Å². The van der Waals surface area contributed by atoms with Gasteiger partial charge in [0.2, 0.25) is 5.88 Å². The van der Waals surface area contributed by atoms with E-state index in [1.807, 2.05) is 0 Å². The fraction of sp³-hybridized carbons (Fsp3) is 0.500. The SMILES string of the molecule is Cc1nc2c3c(n[nH]c3n1)OCC(C(F)F)N2C. The van der Waals surface area contributed by atoms with Gasteiger partial charge in [0, 0.05) is 7.05 Å². The summed E-state index contributed by atoms with van der Waals surface area (Å²) in [4.78, 5) is 9.81. The van der Waals surface area contributed by atoms with Gasteiger partial charge in [0.05, 0.1) is 0 Å². The normalized spacial score (nSPS) is 19.2. The quantitative estimate of drug-likeness (QED) is 0.827. The lowest BCUT2D eigenvalue weighted by atomic mass is 10.2. The zero-order chi connectivity index (χ0) is 12.9. The van der Waals surface area contributed by atoms with Gasteiger partial charge in [-0.3, -0.25) is 5.10 Å². The minimum absolute atomic E-state index is 0.135. The fourth-order valence-electron chi connectivity index (χ4n) is 2.03. The van der Waals surface area contributed by atoms with Crippen LogP contribution >= 0.6 is 0 Å². The first-order chi connectivity index (χ1) is 8.58. The van der Waals surface area contributed by atoms with E-state index in [9.17, 15) is 8.78 Å². The van der Waals surface area contributed by atoms with Crippen LogP contribution in [0.25, 0.3) is 11.0 Å². The molecule has 2 aromatic rings. The number of rotatable bonds is 1. The van der Waals surface area contributed by atoms with Crippen molar-refractivity contribution in [3.63, 3.8) is 0 Å². The molecule has 0 spiro atoms.